The molecule has 2 aromatic heterocycles. The van der Waals surface area contributed by atoms with Crippen molar-refractivity contribution in [2.24, 2.45) is 0 Å². The highest BCUT2D eigenvalue weighted by molar-refractivity contribution is 6.00. The Balaban J connectivity index is 1.39. The minimum absolute atomic E-state index is 0.120. The molecule has 0 spiro atoms. The van der Waals surface area contributed by atoms with E-state index < -0.39 is 6.04 Å². The van der Waals surface area contributed by atoms with Crippen LogP contribution in [-0.2, 0) is 4.79 Å². The number of rotatable bonds is 6. The number of ether oxygens (including phenoxy) is 2. The Kier molecular flexibility index (Phi) is 4.97. The predicted molar refractivity (Wildman–Crippen MR) is 114 cm³/mol. The molecular formula is C23H24N4O4. The molecule has 3 aromatic rings. The van der Waals surface area contributed by atoms with Gasteiger partial charge < -0.3 is 24.7 Å². The van der Waals surface area contributed by atoms with Crippen LogP contribution in [0.15, 0.2) is 48.8 Å². The van der Waals surface area contributed by atoms with Crippen LogP contribution in [0.5, 0.6) is 11.5 Å². The lowest BCUT2D eigenvalue weighted by Gasteiger charge is -2.23. The number of aromatic amines is 1. The van der Waals surface area contributed by atoms with E-state index in [1.807, 2.05) is 24.3 Å². The van der Waals surface area contributed by atoms with Crippen molar-refractivity contribution >= 4 is 22.7 Å². The second-order valence-corrected chi connectivity index (χ2v) is 8.06. The monoisotopic (exact) mass is 420 g/mol. The summed E-state index contributed by atoms with van der Waals surface area (Å²) in [6.07, 6.45) is 5.45. The molecule has 2 aliphatic rings. The molecule has 2 unspecified atom stereocenters. The van der Waals surface area contributed by atoms with Gasteiger partial charge in [-0.05, 0) is 49.2 Å². The van der Waals surface area contributed by atoms with Crippen molar-refractivity contribution in [2.45, 2.75) is 37.5 Å². The maximum absolute atomic E-state index is 13.4. The molecule has 160 valence electrons. The zero-order chi connectivity index (χ0) is 21.4. The molecule has 2 atom stereocenters. The van der Waals surface area contributed by atoms with E-state index in [2.05, 4.69) is 15.3 Å². The van der Waals surface area contributed by atoms with E-state index in [0.29, 0.717) is 24.4 Å². The zero-order valence-corrected chi connectivity index (χ0v) is 17.2. The van der Waals surface area contributed by atoms with Gasteiger partial charge in [-0.1, -0.05) is 0 Å². The van der Waals surface area contributed by atoms with E-state index >= 15 is 0 Å². The molecule has 1 aromatic carbocycles. The Bertz CT molecular complexity index is 1110. The first-order valence-electron chi connectivity index (χ1n) is 10.5. The van der Waals surface area contributed by atoms with E-state index in [1.54, 1.807) is 36.5 Å². The highest BCUT2D eigenvalue weighted by Gasteiger charge is 2.42. The average Bonchev–Trinajstić information content (AvgIpc) is 3.34. The number of fused-ring (bicyclic) bond motifs is 1. The number of likely N-dealkylation sites (tertiary alicyclic amines) is 1. The Morgan fingerprint density at radius 3 is 2.81 bits per heavy atom. The molecule has 0 radical (unpaired) electrons. The second kappa shape index (κ2) is 7.94. The van der Waals surface area contributed by atoms with Crippen LogP contribution in [0.1, 0.15) is 29.8 Å². The molecule has 31 heavy (non-hydrogen) atoms. The molecule has 1 aliphatic carbocycles. The fraction of sp³-hybridized carbons (Fsp3) is 0.348. The minimum atomic E-state index is -0.573. The van der Waals surface area contributed by atoms with Crippen molar-refractivity contribution in [1.29, 1.82) is 0 Å². The van der Waals surface area contributed by atoms with Gasteiger partial charge in [0.15, 0.2) is 0 Å². The summed E-state index contributed by atoms with van der Waals surface area (Å²) >= 11 is 0. The maximum atomic E-state index is 13.4. The Labute approximate surface area is 179 Å². The summed E-state index contributed by atoms with van der Waals surface area (Å²) in [7, 11) is 1.61. The lowest BCUT2D eigenvalue weighted by atomic mass is 10.1. The first kappa shape index (κ1) is 19.4. The zero-order valence-electron chi connectivity index (χ0n) is 17.2. The number of nitrogens with one attached hydrogen (secondary N) is 2. The van der Waals surface area contributed by atoms with E-state index in [1.165, 1.54) is 0 Å². The molecule has 2 fully saturated rings. The molecule has 2 amide bonds. The molecular weight excluding hydrogens is 396 g/mol. The Hall–Kier alpha value is -3.55. The summed E-state index contributed by atoms with van der Waals surface area (Å²) in [5.74, 6) is 1.01. The molecule has 1 saturated heterocycles. The van der Waals surface area contributed by atoms with Gasteiger partial charge in [0.1, 0.15) is 29.3 Å². The van der Waals surface area contributed by atoms with Gasteiger partial charge in [0.25, 0.3) is 5.91 Å². The summed E-state index contributed by atoms with van der Waals surface area (Å²) < 4.78 is 11.3. The predicted octanol–water partition coefficient (Wildman–Crippen LogP) is 2.51. The molecule has 8 heteroatoms. The number of pyridine rings is 1. The standard InChI is InChI=1S/C23H24N4O4/c1-30-16-6-7-19-14(9-16)10-20(26-19)23(29)27-13-18(31-17-3-2-8-24-12-17)11-21(27)22(28)25-15-4-5-15/h2-3,6-10,12,15,18,21,26H,4-5,11,13H2,1H3,(H,25,28). The van der Waals surface area contributed by atoms with Gasteiger partial charge in [-0.2, -0.15) is 0 Å². The summed E-state index contributed by atoms with van der Waals surface area (Å²) in [5.41, 5.74) is 1.28. The Morgan fingerprint density at radius 1 is 1.19 bits per heavy atom. The summed E-state index contributed by atoms with van der Waals surface area (Å²) in [4.78, 5) is 35.1. The quantitative estimate of drug-likeness (QED) is 0.639. The van der Waals surface area contributed by atoms with Crippen LogP contribution in [0.4, 0.5) is 0 Å². The topological polar surface area (TPSA) is 96.6 Å². The molecule has 3 heterocycles. The molecule has 1 aliphatic heterocycles. The van der Waals surface area contributed by atoms with Gasteiger partial charge in [-0.15, -0.1) is 0 Å². The second-order valence-electron chi connectivity index (χ2n) is 8.06. The summed E-state index contributed by atoms with van der Waals surface area (Å²) in [6, 6.07) is 10.7. The number of hydrogen-bond donors (Lipinski definition) is 2. The SMILES string of the molecule is COc1ccc2[nH]c(C(=O)N3CC(Oc4cccnc4)CC3C(=O)NC3CC3)cc2c1. The van der Waals surface area contributed by atoms with Gasteiger partial charge in [-0.25, -0.2) is 0 Å². The fourth-order valence-corrected chi connectivity index (χ4v) is 4.00. The number of aromatic nitrogens is 2. The molecule has 0 bridgehead atoms. The lowest BCUT2D eigenvalue weighted by Crippen LogP contribution is -2.46. The molecule has 1 saturated carbocycles. The van der Waals surface area contributed by atoms with Crippen LogP contribution in [0.25, 0.3) is 10.9 Å². The number of H-pyrrole nitrogens is 1. The summed E-state index contributed by atoms with van der Waals surface area (Å²) in [5, 5.41) is 3.91. The maximum Gasteiger partial charge on any atom is 0.271 e. The average molecular weight is 420 g/mol. The summed E-state index contributed by atoms with van der Waals surface area (Å²) in [6.45, 7) is 0.329. The van der Waals surface area contributed by atoms with Gasteiger partial charge in [0.05, 0.1) is 19.9 Å². The van der Waals surface area contributed by atoms with E-state index in [9.17, 15) is 9.59 Å². The van der Waals surface area contributed by atoms with Crippen LogP contribution >= 0.6 is 0 Å². The normalized spacial score (nSPS) is 20.6. The van der Waals surface area contributed by atoms with Crippen molar-refractivity contribution in [3.05, 3.63) is 54.5 Å². The number of methoxy groups -OCH3 is 1. The van der Waals surface area contributed by atoms with Gasteiger partial charge in [0.2, 0.25) is 5.91 Å². The number of benzene rings is 1. The van der Waals surface area contributed by atoms with Crippen LogP contribution in [0, 0.1) is 0 Å². The van der Waals surface area contributed by atoms with Gasteiger partial charge in [0, 0.05) is 29.6 Å². The number of carbonyl (C=O) groups excluding carboxylic acids is 2. The lowest BCUT2D eigenvalue weighted by molar-refractivity contribution is -0.125. The third-order valence-electron chi connectivity index (χ3n) is 5.75. The smallest absolute Gasteiger partial charge is 0.271 e. The van der Waals surface area contributed by atoms with Gasteiger partial charge in [-0.3, -0.25) is 14.6 Å². The van der Waals surface area contributed by atoms with Crippen LogP contribution < -0.4 is 14.8 Å². The third kappa shape index (κ3) is 4.05. The molecule has 8 nitrogen and oxygen atoms in total. The van der Waals surface area contributed by atoms with Crippen molar-refractivity contribution < 1.29 is 19.1 Å². The van der Waals surface area contributed by atoms with Crippen LogP contribution in [-0.4, -0.2) is 58.5 Å². The van der Waals surface area contributed by atoms with Crippen LogP contribution in [0.2, 0.25) is 0 Å². The number of nitrogens with zero attached hydrogens (tertiary/aromatic N) is 2. The number of amides is 2. The first-order chi connectivity index (χ1) is 15.1. The third-order valence-corrected chi connectivity index (χ3v) is 5.75. The highest BCUT2D eigenvalue weighted by Crippen LogP contribution is 2.28. The van der Waals surface area contributed by atoms with E-state index in [4.69, 9.17) is 9.47 Å². The van der Waals surface area contributed by atoms with Gasteiger partial charge >= 0.3 is 0 Å². The molecule has 2 N–H and O–H groups in total. The van der Waals surface area contributed by atoms with E-state index in [0.717, 1.165) is 29.5 Å². The first-order valence-corrected chi connectivity index (χ1v) is 10.5. The van der Waals surface area contributed by atoms with Crippen LogP contribution in [0.3, 0.4) is 0 Å². The Morgan fingerprint density at radius 2 is 2.06 bits per heavy atom. The van der Waals surface area contributed by atoms with E-state index in [-0.39, 0.29) is 24.0 Å². The van der Waals surface area contributed by atoms with Crippen molar-refractivity contribution in [3.63, 3.8) is 0 Å². The highest BCUT2D eigenvalue weighted by atomic mass is 16.5. The van der Waals surface area contributed by atoms with Crippen molar-refractivity contribution in [1.82, 2.24) is 20.2 Å². The fourth-order valence-electron chi connectivity index (χ4n) is 4.00. The number of hydrogen-bond acceptors (Lipinski definition) is 5. The molecule has 5 rings (SSSR count). The van der Waals surface area contributed by atoms with Crippen molar-refractivity contribution in [3.8, 4) is 11.5 Å². The minimum Gasteiger partial charge on any atom is -0.497 e. The number of carbonyl (C=O) groups is 2. The van der Waals surface area contributed by atoms with Crippen molar-refractivity contribution in [2.75, 3.05) is 13.7 Å². The largest absolute Gasteiger partial charge is 0.497 e.